The summed E-state index contributed by atoms with van der Waals surface area (Å²) in [6, 6.07) is 9.20. The molecule has 0 radical (unpaired) electrons. The number of benzene rings is 1. The van der Waals surface area contributed by atoms with Crippen molar-refractivity contribution < 1.29 is 22.7 Å². The maximum atomic E-state index is 13.7. The molecule has 1 fully saturated rings. The Hall–Kier alpha value is -3.49. The number of alkyl halides is 3. The number of ether oxygens (including phenoxy) is 1. The van der Waals surface area contributed by atoms with Gasteiger partial charge in [0.2, 0.25) is 5.88 Å². The van der Waals surface area contributed by atoms with Gasteiger partial charge in [0.05, 0.1) is 17.2 Å². The fraction of sp³-hybridized carbons (Fsp3) is 0.360. The van der Waals surface area contributed by atoms with Crippen molar-refractivity contribution in [3.8, 4) is 17.3 Å². The minimum Gasteiger partial charge on any atom is -0.475 e. The average Bonchev–Trinajstić information content (AvgIpc) is 2.83. The second-order valence-corrected chi connectivity index (χ2v) is 8.50. The molecule has 1 aromatic carbocycles. The van der Waals surface area contributed by atoms with E-state index in [9.17, 15) is 18.0 Å². The number of rotatable bonds is 5. The number of carbonyl (C=O) groups excluding carboxylic acids is 1. The van der Waals surface area contributed by atoms with Crippen LogP contribution in [0.5, 0.6) is 5.88 Å². The Morgan fingerprint density at radius 1 is 1.15 bits per heavy atom. The minimum absolute atomic E-state index is 0.0899. The Kier molecular flexibility index (Phi) is 6.81. The molecule has 0 bridgehead atoms. The van der Waals surface area contributed by atoms with Gasteiger partial charge in [0, 0.05) is 36.8 Å². The number of nitrogens with zero attached hydrogens (tertiary/aromatic N) is 4. The van der Waals surface area contributed by atoms with Gasteiger partial charge in [0.1, 0.15) is 6.61 Å². The lowest BCUT2D eigenvalue weighted by Crippen LogP contribution is -2.50. The summed E-state index contributed by atoms with van der Waals surface area (Å²) in [7, 11) is 0. The first-order chi connectivity index (χ1) is 16.2. The number of halogens is 3. The third kappa shape index (κ3) is 5.18. The molecule has 3 heterocycles. The lowest BCUT2D eigenvalue weighted by molar-refractivity contribution is -0.137. The van der Waals surface area contributed by atoms with Crippen molar-refractivity contribution in [3.63, 3.8) is 0 Å². The molecule has 0 aliphatic carbocycles. The van der Waals surface area contributed by atoms with Gasteiger partial charge in [-0.15, -0.1) is 0 Å². The molecule has 34 heavy (non-hydrogen) atoms. The fourth-order valence-corrected chi connectivity index (χ4v) is 4.18. The SMILES string of the molecule is Cc1ccc(-c2ncccn2)c(C(=O)N2CCCC(C)C2COc2ccc(C(F)(F)F)cn2)c1. The van der Waals surface area contributed by atoms with Crippen molar-refractivity contribution >= 4 is 5.91 Å². The summed E-state index contributed by atoms with van der Waals surface area (Å²) in [5, 5.41) is 0. The standard InChI is InChI=1S/C25H25F3N4O2/c1-16-6-8-19(23-29-10-4-11-30-23)20(13-16)24(33)32-12-3-5-17(2)21(32)15-34-22-9-7-18(14-31-22)25(26,27)28/h4,6-11,13-14,17,21H,3,5,12,15H2,1-2H3. The molecule has 3 aromatic rings. The summed E-state index contributed by atoms with van der Waals surface area (Å²) in [5.41, 5.74) is 1.27. The van der Waals surface area contributed by atoms with Crippen LogP contribution >= 0.6 is 0 Å². The van der Waals surface area contributed by atoms with Gasteiger partial charge in [-0.3, -0.25) is 4.79 Å². The zero-order chi connectivity index (χ0) is 24.3. The van der Waals surface area contributed by atoms with Crippen LogP contribution in [0.2, 0.25) is 0 Å². The smallest absolute Gasteiger partial charge is 0.417 e. The lowest BCUT2D eigenvalue weighted by Gasteiger charge is -2.40. The van der Waals surface area contributed by atoms with Crippen LogP contribution in [0, 0.1) is 12.8 Å². The Morgan fingerprint density at radius 2 is 1.91 bits per heavy atom. The van der Waals surface area contributed by atoms with E-state index in [0.717, 1.165) is 30.7 Å². The van der Waals surface area contributed by atoms with Crippen LogP contribution in [-0.2, 0) is 6.18 Å². The van der Waals surface area contributed by atoms with Crippen LogP contribution in [0.4, 0.5) is 13.2 Å². The summed E-state index contributed by atoms with van der Waals surface area (Å²) in [6.07, 6.45) is 1.33. The Bertz CT molecular complexity index is 1140. The van der Waals surface area contributed by atoms with Gasteiger partial charge in [0.15, 0.2) is 5.82 Å². The Labute approximate surface area is 195 Å². The number of pyridine rings is 1. The molecule has 2 unspecified atom stereocenters. The normalized spacial score (nSPS) is 18.6. The van der Waals surface area contributed by atoms with Crippen molar-refractivity contribution in [3.05, 3.63) is 71.7 Å². The molecule has 6 nitrogen and oxygen atoms in total. The highest BCUT2D eigenvalue weighted by molar-refractivity contribution is 6.00. The van der Waals surface area contributed by atoms with Crippen molar-refractivity contribution in [2.24, 2.45) is 5.92 Å². The van der Waals surface area contributed by atoms with Crippen molar-refractivity contribution in [1.82, 2.24) is 19.9 Å². The van der Waals surface area contributed by atoms with Gasteiger partial charge in [-0.25, -0.2) is 15.0 Å². The molecule has 2 aromatic heterocycles. The number of piperidine rings is 1. The first kappa shape index (κ1) is 23.7. The Morgan fingerprint density at radius 3 is 2.59 bits per heavy atom. The molecule has 1 aliphatic rings. The zero-order valence-electron chi connectivity index (χ0n) is 18.9. The zero-order valence-corrected chi connectivity index (χ0v) is 18.9. The van der Waals surface area contributed by atoms with Gasteiger partial charge in [-0.2, -0.15) is 13.2 Å². The molecular formula is C25H25F3N4O2. The third-order valence-corrected chi connectivity index (χ3v) is 6.05. The molecule has 0 saturated carbocycles. The fourth-order valence-electron chi connectivity index (χ4n) is 4.18. The number of aromatic nitrogens is 3. The minimum atomic E-state index is -4.46. The second-order valence-electron chi connectivity index (χ2n) is 8.50. The van der Waals surface area contributed by atoms with Crippen molar-refractivity contribution in [1.29, 1.82) is 0 Å². The van der Waals surface area contributed by atoms with E-state index in [4.69, 9.17) is 4.74 Å². The molecule has 1 saturated heterocycles. The highest BCUT2D eigenvalue weighted by Crippen LogP contribution is 2.31. The first-order valence-electron chi connectivity index (χ1n) is 11.1. The van der Waals surface area contributed by atoms with E-state index in [1.807, 2.05) is 32.0 Å². The largest absolute Gasteiger partial charge is 0.475 e. The first-order valence-corrected chi connectivity index (χ1v) is 11.1. The molecule has 0 spiro atoms. The third-order valence-electron chi connectivity index (χ3n) is 6.05. The average molecular weight is 470 g/mol. The van der Waals surface area contributed by atoms with Crippen LogP contribution in [0.25, 0.3) is 11.4 Å². The molecule has 9 heteroatoms. The van der Waals surface area contributed by atoms with Gasteiger partial charge in [-0.1, -0.05) is 24.6 Å². The van der Waals surface area contributed by atoms with E-state index in [-0.39, 0.29) is 30.4 Å². The topological polar surface area (TPSA) is 68.2 Å². The van der Waals surface area contributed by atoms with E-state index in [1.54, 1.807) is 23.4 Å². The van der Waals surface area contributed by atoms with Crippen LogP contribution < -0.4 is 4.74 Å². The highest BCUT2D eigenvalue weighted by Gasteiger charge is 2.35. The number of aryl methyl sites for hydroxylation is 1. The Balaban J connectivity index is 1.57. The highest BCUT2D eigenvalue weighted by atomic mass is 19.4. The molecule has 0 N–H and O–H groups in total. The molecule has 178 valence electrons. The lowest BCUT2D eigenvalue weighted by atomic mass is 9.90. The van der Waals surface area contributed by atoms with Gasteiger partial charge in [0.25, 0.3) is 5.91 Å². The van der Waals surface area contributed by atoms with Crippen molar-refractivity contribution in [2.75, 3.05) is 13.2 Å². The van der Waals surface area contributed by atoms with Gasteiger partial charge >= 0.3 is 6.18 Å². The summed E-state index contributed by atoms with van der Waals surface area (Å²) in [6.45, 7) is 4.65. The molecular weight excluding hydrogens is 445 g/mol. The second kappa shape index (κ2) is 9.79. The van der Waals surface area contributed by atoms with E-state index < -0.39 is 11.7 Å². The number of hydrogen-bond donors (Lipinski definition) is 0. The maximum Gasteiger partial charge on any atom is 0.417 e. The van der Waals surface area contributed by atoms with E-state index in [1.165, 1.54) is 6.07 Å². The van der Waals surface area contributed by atoms with Crippen LogP contribution in [0.1, 0.15) is 41.3 Å². The number of likely N-dealkylation sites (tertiary alicyclic amines) is 1. The van der Waals surface area contributed by atoms with Crippen LogP contribution in [0.3, 0.4) is 0 Å². The van der Waals surface area contributed by atoms with Gasteiger partial charge < -0.3 is 9.64 Å². The summed E-state index contributed by atoms with van der Waals surface area (Å²) in [4.78, 5) is 27.9. The molecule has 1 amide bonds. The number of amides is 1. The van der Waals surface area contributed by atoms with Crippen LogP contribution in [-0.4, -0.2) is 45.0 Å². The predicted octanol–water partition coefficient (Wildman–Crippen LogP) is 5.19. The number of carbonyl (C=O) groups is 1. The summed E-state index contributed by atoms with van der Waals surface area (Å²) < 4.78 is 44.1. The van der Waals surface area contributed by atoms with Gasteiger partial charge in [-0.05, 0) is 43.9 Å². The summed E-state index contributed by atoms with van der Waals surface area (Å²) >= 11 is 0. The van der Waals surface area contributed by atoms with Crippen LogP contribution in [0.15, 0.2) is 55.0 Å². The molecule has 1 aliphatic heterocycles. The van der Waals surface area contributed by atoms with Crippen molar-refractivity contribution in [2.45, 2.75) is 38.9 Å². The number of hydrogen-bond acceptors (Lipinski definition) is 5. The quantitative estimate of drug-likeness (QED) is 0.514. The maximum absolute atomic E-state index is 13.7. The van der Waals surface area contributed by atoms with E-state index in [0.29, 0.717) is 23.5 Å². The van der Waals surface area contributed by atoms with E-state index >= 15 is 0 Å². The molecule has 4 rings (SSSR count). The van der Waals surface area contributed by atoms with E-state index in [2.05, 4.69) is 15.0 Å². The monoisotopic (exact) mass is 470 g/mol. The molecule has 2 atom stereocenters. The predicted molar refractivity (Wildman–Crippen MR) is 120 cm³/mol. The summed E-state index contributed by atoms with van der Waals surface area (Å²) in [5.74, 6) is 0.560.